The molecule has 2 fully saturated rings. The fourth-order valence-corrected chi connectivity index (χ4v) is 3.36. The highest BCUT2D eigenvalue weighted by atomic mass is 19.1. The van der Waals surface area contributed by atoms with Gasteiger partial charge >= 0.3 is 0 Å². The molecule has 18 heavy (non-hydrogen) atoms. The van der Waals surface area contributed by atoms with Crippen molar-refractivity contribution in [3.8, 4) is 5.75 Å². The van der Waals surface area contributed by atoms with Crippen molar-refractivity contribution in [1.82, 2.24) is 0 Å². The summed E-state index contributed by atoms with van der Waals surface area (Å²) >= 11 is 0. The van der Waals surface area contributed by atoms with Gasteiger partial charge in [0.25, 0.3) is 0 Å². The number of alkyl halides is 1. The molecule has 96 valence electrons. The van der Waals surface area contributed by atoms with Gasteiger partial charge in [0.05, 0.1) is 6.04 Å². The second kappa shape index (κ2) is 4.38. The molecule has 0 aliphatic heterocycles. The summed E-state index contributed by atoms with van der Waals surface area (Å²) in [5.74, 6) is 0.915. The lowest BCUT2D eigenvalue weighted by Crippen LogP contribution is -2.24. The first-order valence-electron chi connectivity index (χ1n) is 6.61. The van der Waals surface area contributed by atoms with E-state index in [0.29, 0.717) is 5.92 Å². The minimum absolute atomic E-state index is 0.109. The number of hydrogen-bond acceptors (Lipinski definition) is 2. The Kier molecular flexibility index (Phi) is 2.84. The number of phenolic OH excluding ortho intramolecular Hbond substituents is 1. The molecule has 2 nitrogen and oxygen atoms in total. The maximum Gasteiger partial charge on any atom is 0.127 e. The van der Waals surface area contributed by atoms with Crippen molar-refractivity contribution in [2.75, 3.05) is 0 Å². The van der Waals surface area contributed by atoms with Crippen LogP contribution >= 0.6 is 0 Å². The zero-order valence-corrected chi connectivity index (χ0v) is 10.5. The lowest BCUT2D eigenvalue weighted by Gasteiger charge is -2.21. The molecule has 0 aromatic heterocycles. The molecule has 3 heteroatoms. The minimum Gasteiger partial charge on any atom is -0.507 e. The Hall–Kier alpha value is -1.38. The van der Waals surface area contributed by atoms with Crippen LogP contribution < -0.4 is 0 Å². The molecule has 1 aromatic rings. The van der Waals surface area contributed by atoms with Gasteiger partial charge < -0.3 is 5.11 Å². The molecule has 0 saturated heterocycles. The molecule has 0 amide bonds. The Morgan fingerprint density at radius 3 is 2.89 bits per heavy atom. The standard InChI is InChI=1S/C15H18FNO/c1-9-3-2-4-11(15(9)18)8-17-14-7-10-5-12(14)13(16)6-10/h2-4,8,10,12-14,18H,5-7H2,1H3. The van der Waals surface area contributed by atoms with Crippen LogP contribution in [-0.2, 0) is 0 Å². The number of aryl methyl sites for hydroxylation is 1. The van der Waals surface area contributed by atoms with E-state index in [2.05, 4.69) is 4.99 Å². The molecular formula is C15H18FNO. The molecular weight excluding hydrogens is 229 g/mol. The van der Waals surface area contributed by atoms with Crippen LogP contribution in [0.1, 0.15) is 30.4 Å². The molecule has 4 unspecified atom stereocenters. The van der Waals surface area contributed by atoms with Gasteiger partial charge in [-0.1, -0.05) is 12.1 Å². The van der Waals surface area contributed by atoms with Gasteiger partial charge in [-0.2, -0.15) is 0 Å². The number of para-hydroxylation sites is 1. The SMILES string of the molecule is Cc1cccc(C=NC2CC3CC(F)C2C3)c1O. The Labute approximate surface area is 107 Å². The molecule has 1 N–H and O–H groups in total. The van der Waals surface area contributed by atoms with E-state index in [-0.39, 0.29) is 17.7 Å². The summed E-state index contributed by atoms with van der Waals surface area (Å²) in [5.41, 5.74) is 1.57. The molecule has 2 aliphatic carbocycles. The number of phenols is 1. The first-order chi connectivity index (χ1) is 8.65. The number of aliphatic imine (C=N–C) groups is 1. The topological polar surface area (TPSA) is 32.6 Å². The third-order valence-corrected chi connectivity index (χ3v) is 4.37. The van der Waals surface area contributed by atoms with Crippen molar-refractivity contribution in [3.63, 3.8) is 0 Å². The van der Waals surface area contributed by atoms with Crippen LogP contribution in [-0.4, -0.2) is 23.5 Å². The molecule has 4 atom stereocenters. The van der Waals surface area contributed by atoms with Crippen LogP contribution in [0.4, 0.5) is 4.39 Å². The van der Waals surface area contributed by atoms with Crippen LogP contribution in [0.5, 0.6) is 5.75 Å². The second-order valence-corrected chi connectivity index (χ2v) is 5.61. The lowest BCUT2D eigenvalue weighted by atomic mass is 9.94. The van der Waals surface area contributed by atoms with E-state index in [1.165, 1.54) is 0 Å². The van der Waals surface area contributed by atoms with Crippen LogP contribution in [0.25, 0.3) is 0 Å². The Bertz CT molecular complexity index is 485. The van der Waals surface area contributed by atoms with E-state index in [1.54, 1.807) is 6.21 Å². The number of fused-ring (bicyclic) bond motifs is 2. The fourth-order valence-electron chi connectivity index (χ4n) is 3.36. The number of aromatic hydroxyl groups is 1. The second-order valence-electron chi connectivity index (χ2n) is 5.61. The molecule has 1 aromatic carbocycles. The van der Waals surface area contributed by atoms with Crippen LogP contribution in [0.3, 0.4) is 0 Å². The van der Waals surface area contributed by atoms with Gasteiger partial charge in [-0.25, -0.2) is 4.39 Å². The maximum absolute atomic E-state index is 13.6. The number of benzene rings is 1. The summed E-state index contributed by atoms with van der Waals surface area (Å²) in [5, 5.41) is 9.89. The molecule has 0 spiro atoms. The summed E-state index contributed by atoms with van der Waals surface area (Å²) in [4.78, 5) is 4.50. The summed E-state index contributed by atoms with van der Waals surface area (Å²) in [6, 6.07) is 5.71. The van der Waals surface area contributed by atoms with Crippen molar-refractivity contribution in [2.45, 2.75) is 38.4 Å². The highest BCUT2D eigenvalue weighted by Crippen LogP contribution is 2.47. The molecule has 3 rings (SSSR count). The van der Waals surface area contributed by atoms with Gasteiger partial charge in [-0.3, -0.25) is 4.99 Å². The first kappa shape index (κ1) is 11.7. The predicted octanol–water partition coefficient (Wildman–Crippen LogP) is 3.26. The van der Waals surface area contributed by atoms with Crippen LogP contribution in [0.2, 0.25) is 0 Å². The summed E-state index contributed by atoms with van der Waals surface area (Å²) in [7, 11) is 0. The van der Waals surface area contributed by atoms with E-state index in [9.17, 15) is 9.50 Å². The van der Waals surface area contributed by atoms with Crippen molar-refractivity contribution in [2.24, 2.45) is 16.8 Å². The van der Waals surface area contributed by atoms with Gasteiger partial charge in [0, 0.05) is 17.7 Å². The molecule has 0 heterocycles. The van der Waals surface area contributed by atoms with Crippen molar-refractivity contribution >= 4 is 6.21 Å². The Balaban J connectivity index is 1.77. The average Bonchev–Trinajstić information content (AvgIpc) is 2.89. The van der Waals surface area contributed by atoms with Crippen molar-refractivity contribution < 1.29 is 9.50 Å². The maximum atomic E-state index is 13.6. The molecule has 0 radical (unpaired) electrons. The molecule has 2 bridgehead atoms. The van der Waals surface area contributed by atoms with Crippen molar-refractivity contribution in [1.29, 1.82) is 0 Å². The van der Waals surface area contributed by atoms with Gasteiger partial charge in [-0.15, -0.1) is 0 Å². The summed E-state index contributed by atoms with van der Waals surface area (Å²) in [6.07, 6.45) is 3.77. The third kappa shape index (κ3) is 1.92. The van der Waals surface area contributed by atoms with E-state index in [1.807, 2.05) is 25.1 Å². The Morgan fingerprint density at radius 2 is 2.17 bits per heavy atom. The molecule has 2 aliphatic rings. The third-order valence-electron chi connectivity index (χ3n) is 4.37. The fraction of sp³-hybridized carbons (Fsp3) is 0.533. The quantitative estimate of drug-likeness (QED) is 0.799. The molecule has 2 saturated carbocycles. The largest absolute Gasteiger partial charge is 0.507 e. The van der Waals surface area contributed by atoms with E-state index in [4.69, 9.17) is 0 Å². The number of halogens is 1. The monoisotopic (exact) mass is 247 g/mol. The van der Waals surface area contributed by atoms with Gasteiger partial charge in [0.1, 0.15) is 11.9 Å². The minimum atomic E-state index is -0.669. The van der Waals surface area contributed by atoms with Crippen molar-refractivity contribution in [3.05, 3.63) is 29.3 Å². The zero-order valence-electron chi connectivity index (χ0n) is 10.5. The summed E-state index contributed by atoms with van der Waals surface area (Å²) < 4.78 is 13.6. The zero-order chi connectivity index (χ0) is 12.7. The smallest absolute Gasteiger partial charge is 0.127 e. The predicted molar refractivity (Wildman–Crippen MR) is 70.0 cm³/mol. The van der Waals surface area contributed by atoms with E-state index >= 15 is 0 Å². The number of hydrogen-bond donors (Lipinski definition) is 1. The van der Waals surface area contributed by atoms with Gasteiger partial charge in [0.15, 0.2) is 0 Å². The van der Waals surface area contributed by atoms with Crippen LogP contribution in [0, 0.1) is 18.8 Å². The van der Waals surface area contributed by atoms with Gasteiger partial charge in [-0.05, 0) is 43.7 Å². The highest BCUT2D eigenvalue weighted by molar-refractivity contribution is 5.84. The van der Waals surface area contributed by atoms with Crippen LogP contribution in [0.15, 0.2) is 23.2 Å². The van der Waals surface area contributed by atoms with Gasteiger partial charge in [0.2, 0.25) is 0 Å². The first-order valence-corrected chi connectivity index (χ1v) is 6.61. The number of nitrogens with zero attached hydrogens (tertiary/aromatic N) is 1. The average molecular weight is 247 g/mol. The lowest BCUT2D eigenvalue weighted by molar-refractivity contribution is 0.212. The number of rotatable bonds is 2. The highest BCUT2D eigenvalue weighted by Gasteiger charge is 2.46. The Morgan fingerprint density at radius 1 is 1.33 bits per heavy atom. The normalized spacial score (nSPS) is 34.6. The summed E-state index contributed by atoms with van der Waals surface area (Å²) in [6.45, 7) is 1.86. The van der Waals surface area contributed by atoms with E-state index in [0.717, 1.165) is 30.4 Å². The van der Waals surface area contributed by atoms with E-state index < -0.39 is 6.17 Å².